The fraction of sp³-hybridized carbons (Fsp3) is 0.364. The Bertz CT molecular complexity index is 426. The summed E-state index contributed by atoms with van der Waals surface area (Å²) in [5.74, 6) is 0.916. The average Bonchev–Trinajstić information content (AvgIpc) is 2.43. The summed E-state index contributed by atoms with van der Waals surface area (Å²) in [6.45, 7) is -0.310. The summed E-state index contributed by atoms with van der Waals surface area (Å²) in [7, 11) is 1.54. The van der Waals surface area contributed by atoms with Crippen LogP contribution in [0.3, 0.4) is 0 Å². The Morgan fingerprint density at radius 1 is 1.56 bits per heavy atom. The molecule has 1 aromatic carbocycles. The Morgan fingerprint density at radius 3 is 2.83 bits per heavy atom. The van der Waals surface area contributed by atoms with Crippen molar-refractivity contribution in [2.24, 2.45) is 10.9 Å². The smallest absolute Gasteiger partial charge is 0.171 e. The summed E-state index contributed by atoms with van der Waals surface area (Å²) in [6, 6.07) is 5.09. The molecule has 0 aromatic heterocycles. The molecule has 18 heavy (non-hydrogen) atoms. The Kier molecular flexibility index (Phi) is 5.76. The minimum absolute atomic E-state index is 0.0151. The molecule has 0 aliphatic carbocycles. The second-order valence-electron chi connectivity index (χ2n) is 3.49. The Hall–Kier alpha value is -1.44. The number of nitrogens with zero attached hydrogens (tertiary/aromatic N) is 1. The summed E-state index contributed by atoms with van der Waals surface area (Å²) in [4.78, 5) is 0.706. The van der Waals surface area contributed by atoms with Crippen molar-refractivity contribution in [3.05, 3.63) is 23.8 Å². The second-order valence-corrected chi connectivity index (χ2v) is 4.56. The maximum absolute atomic E-state index is 9.32. The lowest BCUT2D eigenvalue weighted by atomic mass is 10.2. The lowest BCUT2D eigenvalue weighted by Gasteiger charge is -2.11. The van der Waals surface area contributed by atoms with E-state index < -0.39 is 6.10 Å². The molecule has 0 amide bonds. The molecule has 0 spiro atoms. The molecule has 100 valence electrons. The second kappa shape index (κ2) is 7.10. The van der Waals surface area contributed by atoms with Gasteiger partial charge in [0.25, 0.3) is 0 Å². The molecule has 1 aromatic rings. The first-order valence-electron chi connectivity index (χ1n) is 5.20. The highest BCUT2D eigenvalue weighted by atomic mass is 32.2. The van der Waals surface area contributed by atoms with E-state index in [0.29, 0.717) is 22.0 Å². The molecule has 0 radical (unpaired) electrons. The highest BCUT2D eigenvalue weighted by Gasteiger charge is 2.11. The van der Waals surface area contributed by atoms with E-state index in [0.717, 1.165) is 0 Å². The normalized spacial score (nSPS) is 13.4. The van der Waals surface area contributed by atoms with Gasteiger partial charge in [0, 0.05) is 16.2 Å². The zero-order valence-corrected chi connectivity index (χ0v) is 10.7. The standard InChI is InChI=1S/C11H16N2O4S/c1-17-8-2-3-9(11(12)13-16)10(4-8)18-6-7(15)5-14/h2-4,7,14-16H,5-6H2,1H3,(H2,12,13). The molecule has 0 saturated heterocycles. The van der Waals surface area contributed by atoms with Gasteiger partial charge >= 0.3 is 0 Å². The van der Waals surface area contributed by atoms with Crippen molar-refractivity contribution in [3.63, 3.8) is 0 Å². The topological polar surface area (TPSA) is 108 Å². The van der Waals surface area contributed by atoms with Crippen molar-refractivity contribution in [1.29, 1.82) is 0 Å². The van der Waals surface area contributed by atoms with Crippen LogP contribution < -0.4 is 10.5 Å². The number of aliphatic hydroxyl groups excluding tert-OH is 2. The number of nitrogens with two attached hydrogens (primary N) is 1. The molecular weight excluding hydrogens is 256 g/mol. The van der Waals surface area contributed by atoms with Gasteiger partial charge in [-0.3, -0.25) is 0 Å². The molecular formula is C11H16N2O4S. The monoisotopic (exact) mass is 272 g/mol. The van der Waals surface area contributed by atoms with E-state index in [1.807, 2.05) is 0 Å². The maximum atomic E-state index is 9.32. The number of ether oxygens (including phenoxy) is 1. The van der Waals surface area contributed by atoms with Crippen LogP contribution in [0, 0.1) is 0 Å². The minimum atomic E-state index is -0.818. The molecule has 0 bridgehead atoms. The lowest BCUT2D eigenvalue weighted by Crippen LogP contribution is -2.17. The molecule has 6 nitrogen and oxygen atoms in total. The highest BCUT2D eigenvalue weighted by Crippen LogP contribution is 2.27. The predicted molar refractivity (Wildman–Crippen MR) is 69.3 cm³/mol. The molecule has 1 atom stereocenters. The van der Waals surface area contributed by atoms with Crippen molar-refractivity contribution in [2.75, 3.05) is 19.5 Å². The maximum Gasteiger partial charge on any atom is 0.171 e. The first-order valence-corrected chi connectivity index (χ1v) is 6.18. The third-order valence-corrected chi connectivity index (χ3v) is 3.41. The van der Waals surface area contributed by atoms with Gasteiger partial charge in [-0.25, -0.2) is 0 Å². The summed E-state index contributed by atoms with van der Waals surface area (Å²) >= 11 is 1.29. The van der Waals surface area contributed by atoms with Crippen LogP contribution in [-0.2, 0) is 0 Å². The Labute approximate surface area is 109 Å². The largest absolute Gasteiger partial charge is 0.497 e. The molecule has 0 saturated carbocycles. The van der Waals surface area contributed by atoms with Crippen LogP contribution in [0.2, 0.25) is 0 Å². The molecule has 0 heterocycles. The number of amidine groups is 1. The summed E-state index contributed by atoms with van der Waals surface area (Å²) in [5, 5.41) is 29.7. The highest BCUT2D eigenvalue weighted by molar-refractivity contribution is 7.99. The third-order valence-electron chi connectivity index (χ3n) is 2.21. The number of oxime groups is 1. The van der Waals surface area contributed by atoms with Crippen LogP contribution in [0.5, 0.6) is 5.75 Å². The molecule has 5 N–H and O–H groups in total. The molecule has 7 heteroatoms. The first kappa shape index (κ1) is 14.6. The molecule has 1 rings (SSSR count). The molecule has 1 unspecified atom stereocenters. The number of thioether (sulfide) groups is 1. The molecule has 0 aliphatic heterocycles. The minimum Gasteiger partial charge on any atom is -0.497 e. The van der Waals surface area contributed by atoms with Gasteiger partial charge in [0.05, 0.1) is 19.8 Å². The van der Waals surface area contributed by atoms with Crippen LogP contribution in [0.4, 0.5) is 0 Å². The summed E-state index contributed by atoms with van der Waals surface area (Å²) in [5.41, 5.74) is 6.11. The zero-order valence-electron chi connectivity index (χ0n) is 9.91. The van der Waals surface area contributed by atoms with E-state index >= 15 is 0 Å². The number of aliphatic hydroxyl groups is 2. The molecule has 0 fully saturated rings. The van der Waals surface area contributed by atoms with Crippen molar-refractivity contribution < 1.29 is 20.2 Å². The van der Waals surface area contributed by atoms with Crippen molar-refractivity contribution in [2.45, 2.75) is 11.0 Å². The molecule has 0 aliphatic rings. The van der Waals surface area contributed by atoms with Gasteiger partial charge in [0.1, 0.15) is 5.75 Å². The van der Waals surface area contributed by atoms with Crippen LogP contribution in [0.15, 0.2) is 28.3 Å². The van der Waals surface area contributed by atoms with Gasteiger partial charge in [0.15, 0.2) is 5.84 Å². The van der Waals surface area contributed by atoms with Gasteiger partial charge in [-0.1, -0.05) is 5.16 Å². The third kappa shape index (κ3) is 3.80. The van der Waals surface area contributed by atoms with Gasteiger partial charge in [-0.05, 0) is 18.2 Å². The number of benzene rings is 1. The SMILES string of the molecule is COc1ccc(/C(N)=N/O)c(SCC(O)CO)c1. The van der Waals surface area contributed by atoms with Crippen molar-refractivity contribution >= 4 is 17.6 Å². The predicted octanol–water partition coefficient (Wildman–Crippen LogP) is 0.235. The van der Waals surface area contributed by atoms with Crippen molar-refractivity contribution in [3.8, 4) is 5.75 Å². The van der Waals surface area contributed by atoms with E-state index in [2.05, 4.69) is 5.16 Å². The van der Waals surface area contributed by atoms with Gasteiger partial charge < -0.3 is 25.9 Å². The quantitative estimate of drug-likeness (QED) is 0.194. The number of hydrogen-bond donors (Lipinski definition) is 4. The first-order chi connectivity index (χ1) is 8.62. The average molecular weight is 272 g/mol. The van der Waals surface area contributed by atoms with E-state index in [1.165, 1.54) is 18.9 Å². The van der Waals surface area contributed by atoms with Gasteiger partial charge in [0.2, 0.25) is 0 Å². The van der Waals surface area contributed by atoms with Crippen LogP contribution >= 0.6 is 11.8 Å². The number of rotatable bonds is 6. The van der Waals surface area contributed by atoms with Crippen LogP contribution in [0.1, 0.15) is 5.56 Å². The van der Waals surface area contributed by atoms with Crippen LogP contribution in [0.25, 0.3) is 0 Å². The van der Waals surface area contributed by atoms with Gasteiger partial charge in [-0.2, -0.15) is 0 Å². The van der Waals surface area contributed by atoms with Gasteiger partial charge in [-0.15, -0.1) is 11.8 Å². The Balaban J connectivity index is 2.97. The Morgan fingerprint density at radius 2 is 2.28 bits per heavy atom. The van der Waals surface area contributed by atoms with E-state index in [9.17, 15) is 5.11 Å². The van der Waals surface area contributed by atoms with Crippen molar-refractivity contribution in [1.82, 2.24) is 0 Å². The fourth-order valence-corrected chi connectivity index (χ4v) is 2.26. The zero-order chi connectivity index (χ0) is 13.5. The van der Waals surface area contributed by atoms with E-state index in [-0.39, 0.29) is 12.4 Å². The van der Waals surface area contributed by atoms with Crippen LogP contribution in [-0.4, -0.2) is 46.8 Å². The fourth-order valence-electron chi connectivity index (χ4n) is 1.25. The lowest BCUT2D eigenvalue weighted by molar-refractivity contribution is 0.113. The van der Waals surface area contributed by atoms with E-state index in [4.69, 9.17) is 20.8 Å². The number of hydrogen-bond acceptors (Lipinski definition) is 6. The number of methoxy groups -OCH3 is 1. The summed E-state index contributed by atoms with van der Waals surface area (Å²) in [6.07, 6.45) is -0.818. The summed E-state index contributed by atoms with van der Waals surface area (Å²) < 4.78 is 5.09. The van der Waals surface area contributed by atoms with E-state index in [1.54, 1.807) is 18.2 Å².